The molecule has 2 aromatic rings. The van der Waals surface area contributed by atoms with E-state index >= 15 is 0 Å². The topological polar surface area (TPSA) is 75.3 Å². The van der Waals surface area contributed by atoms with Crippen molar-refractivity contribution >= 4 is 33.3 Å². The summed E-state index contributed by atoms with van der Waals surface area (Å²) in [7, 11) is 0. The van der Waals surface area contributed by atoms with E-state index in [-0.39, 0.29) is 12.0 Å². The largest absolute Gasteiger partial charge is 0.393 e. The van der Waals surface area contributed by atoms with Gasteiger partial charge >= 0.3 is 0 Å². The van der Waals surface area contributed by atoms with Gasteiger partial charge in [0.1, 0.15) is 10.6 Å². The summed E-state index contributed by atoms with van der Waals surface area (Å²) in [5, 5.41) is 10.9. The lowest BCUT2D eigenvalue weighted by atomic mass is 9.97. The summed E-state index contributed by atoms with van der Waals surface area (Å²) in [6, 6.07) is 2.12. The Morgan fingerprint density at radius 3 is 3.00 bits per heavy atom. The molecule has 2 atom stereocenters. The van der Waals surface area contributed by atoms with Gasteiger partial charge in [0, 0.05) is 18.0 Å². The molecule has 3 N–H and O–H groups in total. The number of aryl methyl sites for hydroxylation is 1. The Morgan fingerprint density at radius 1 is 1.47 bits per heavy atom. The van der Waals surface area contributed by atoms with Gasteiger partial charge < -0.3 is 15.7 Å². The minimum absolute atomic E-state index is 0.213. The minimum Gasteiger partial charge on any atom is -0.393 e. The molecule has 3 heterocycles. The minimum atomic E-state index is -0.213. The number of nitrogens with zero attached hydrogens (tertiary/aromatic N) is 3. The molecule has 2 unspecified atom stereocenters. The molecule has 1 aliphatic rings. The van der Waals surface area contributed by atoms with Gasteiger partial charge in [0.15, 0.2) is 0 Å². The molecule has 3 rings (SSSR count). The molecule has 1 fully saturated rings. The number of hydrogen-bond acceptors (Lipinski definition) is 6. The van der Waals surface area contributed by atoms with Crippen molar-refractivity contribution < 1.29 is 5.11 Å². The molecule has 0 amide bonds. The predicted octanol–water partition coefficient (Wildman–Crippen LogP) is 1.79. The zero-order valence-electron chi connectivity index (χ0n) is 11.1. The number of rotatable bonds is 1. The number of piperidine rings is 1. The second-order valence-corrected chi connectivity index (χ2v) is 6.50. The fraction of sp³-hybridized carbons (Fsp3) is 0.538. The first-order valence-corrected chi connectivity index (χ1v) is 7.33. The molecule has 6 heteroatoms. The van der Waals surface area contributed by atoms with Crippen LogP contribution in [0.5, 0.6) is 0 Å². The molecular weight excluding hydrogens is 260 g/mol. The van der Waals surface area contributed by atoms with Crippen LogP contribution in [-0.2, 0) is 0 Å². The quantitative estimate of drug-likeness (QED) is 0.832. The lowest BCUT2D eigenvalue weighted by Crippen LogP contribution is -2.42. The third-order valence-corrected chi connectivity index (χ3v) is 4.62. The zero-order chi connectivity index (χ0) is 13.6. The van der Waals surface area contributed by atoms with E-state index in [0.29, 0.717) is 5.95 Å². The van der Waals surface area contributed by atoms with E-state index < -0.39 is 0 Å². The molecule has 0 spiro atoms. The van der Waals surface area contributed by atoms with E-state index in [1.807, 2.05) is 0 Å². The van der Waals surface area contributed by atoms with Gasteiger partial charge in [-0.15, -0.1) is 11.3 Å². The second-order valence-electron chi connectivity index (χ2n) is 5.26. The number of thiophene rings is 1. The first-order valence-electron chi connectivity index (χ1n) is 6.51. The van der Waals surface area contributed by atoms with Crippen molar-refractivity contribution in [1.29, 1.82) is 0 Å². The van der Waals surface area contributed by atoms with Crippen LogP contribution < -0.4 is 10.6 Å². The van der Waals surface area contributed by atoms with Crippen LogP contribution in [0.3, 0.4) is 0 Å². The Morgan fingerprint density at radius 2 is 2.26 bits per heavy atom. The molecule has 1 saturated heterocycles. The number of nitrogens with two attached hydrogens (primary N) is 1. The van der Waals surface area contributed by atoms with Gasteiger partial charge in [-0.3, -0.25) is 0 Å². The van der Waals surface area contributed by atoms with E-state index in [1.165, 1.54) is 4.88 Å². The highest BCUT2D eigenvalue weighted by atomic mass is 32.1. The van der Waals surface area contributed by atoms with E-state index in [9.17, 15) is 5.11 Å². The standard InChI is InChI=1S/C13H18N4OS/c1-7-6-17(4-3-10(7)18)11-9-5-8(2)19-12(9)16-13(14)15-11/h5,7,10,18H,3-4,6H2,1-2H3,(H2,14,15,16). The summed E-state index contributed by atoms with van der Waals surface area (Å²) in [5.74, 6) is 1.48. The zero-order valence-corrected chi connectivity index (χ0v) is 11.9. The van der Waals surface area contributed by atoms with Gasteiger partial charge in [0.05, 0.1) is 11.5 Å². The van der Waals surface area contributed by atoms with Crippen LogP contribution in [-0.4, -0.2) is 34.3 Å². The van der Waals surface area contributed by atoms with Crippen molar-refractivity contribution in [3.05, 3.63) is 10.9 Å². The normalized spacial score (nSPS) is 24.1. The third-order valence-electron chi connectivity index (χ3n) is 3.67. The third kappa shape index (κ3) is 2.26. The number of aliphatic hydroxyl groups excluding tert-OH is 1. The van der Waals surface area contributed by atoms with E-state index in [2.05, 4.69) is 34.8 Å². The Kier molecular flexibility index (Phi) is 3.06. The van der Waals surface area contributed by atoms with Crippen LogP contribution in [0.4, 0.5) is 11.8 Å². The maximum Gasteiger partial charge on any atom is 0.223 e. The molecule has 19 heavy (non-hydrogen) atoms. The van der Waals surface area contributed by atoms with Crippen molar-refractivity contribution in [1.82, 2.24) is 9.97 Å². The van der Waals surface area contributed by atoms with Gasteiger partial charge in [-0.05, 0) is 25.3 Å². The molecule has 0 aromatic carbocycles. The monoisotopic (exact) mass is 278 g/mol. The maximum atomic E-state index is 9.83. The van der Waals surface area contributed by atoms with Crippen molar-refractivity contribution in [3.8, 4) is 0 Å². The maximum absolute atomic E-state index is 9.83. The van der Waals surface area contributed by atoms with Gasteiger partial charge in [0.25, 0.3) is 0 Å². The van der Waals surface area contributed by atoms with Gasteiger partial charge in [0.2, 0.25) is 5.95 Å². The number of anilines is 2. The van der Waals surface area contributed by atoms with Gasteiger partial charge in [-0.25, -0.2) is 4.98 Å². The van der Waals surface area contributed by atoms with Crippen molar-refractivity contribution in [2.45, 2.75) is 26.4 Å². The highest BCUT2D eigenvalue weighted by Crippen LogP contribution is 2.33. The summed E-state index contributed by atoms with van der Waals surface area (Å²) in [6.07, 6.45) is 0.561. The number of hydrogen-bond donors (Lipinski definition) is 2. The van der Waals surface area contributed by atoms with Crippen LogP contribution in [0, 0.1) is 12.8 Å². The Labute approximate surface area is 116 Å². The summed E-state index contributed by atoms with van der Waals surface area (Å²) in [6.45, 7) is 5.75. The Balaban J connectivity index is 2.04. The summed E-state index contributed by atoms with van der Waals surface area (Å²) in [4.78, 5) is 13.1. The smallest absolute Gasteiger partial charge is 0.223 e. The average molecular weight is 278 g/mol. The Hall–Kier alpha value is -1.40. The fourth-order valence-corrected chi connectivity index (χ4v) is 3.49. The lowest BCUT2D eigenvalue weighted by Gasteiger charge is -2.35. The fourth-order valence-electron chi connectivity index (χ4n) is 2.61. The highest BCUT2D eigenvalue weighted by Gasteiger charge is 2.26. The van der Waals surface area contributed by atoms with Crippen LogP contribution in [0.25, 0.3) is 10.2 Å². The number of aliphatic hydroxyl groups is 1. The van der Waals surface area contributed by atoms with E-state index in [0.717, 1.165) is 35.5 Å². The van der Waals surface area contributed by atoms with E-state index in [1.54, 1.807) is 11.3 Å². The molecule has 0 aliphatic carbocycles. The lowest BCUT2D eigenvalue weighted by molar-refractivity contribution is 0.0970. The second kappa shape index (κ2) is 4.61. The van der Waals surface area contributed by atoms with Crippen LogP contribution in [0.1, 0.15) is 18.2 Å². The average Bonchev–Trinajstić information content (AvgIpc) is 2.72. The SMILES string of the molecule is Cc1cc2c(N3CCC(O)C(C)C3)nc(N)nc2s1. The molecular formula is C13H18N4OS. The highest BCUT2D eigenvalue weighted by molar-refractivity contribution is 7.18. The van der Waals surface area contributed by atoms with Crippen molar-refractivity contribution in [3.63, 3.8) is 0 Å². The predicted molar refractivity (Wildman–Crippen MR) is 78.6 cm³/mol. The Bertz CT molecular complexity index is 612. The molecule has 0 bridgehead atoms. The van der Waals surface area contributed by atoms with Gasteiger partial charge in [-0.1, -0.05) is 6.92 Å². The molecule has 1 aliphatic heterocycles. The molecule has 2 aromatic heterocycles. The van der Waals surface area contributed by atoms with Crippen LogP contribution in [0.2, 0.25) is 0 Å². The first kappa shape index (κ1) is 12.6. The first-order chi connectivity index (χ1) is 9.04. The number of aromatic nitrogens is 2. The summed E-state index contributed by atoms with van der Waals surface area (Å²) < 4.78 is 0. The molecule has 0 saturated carbocycles. The van der Waals surface area contributed by atoms with Crippen LogP contribution in [0.15, 0.2) is 6.07 Å². The van der Waals surface area contributed by atoms with Crippen molar-refractivity contribution in [2.24, 2.45) is 5.92 Å². The van der Waals surface area contributed by atoms with Crippen LogP contribution >= 0.6 is 11.3 Å². The number of fused-ring (bicyclic) bond motifs is 1. The number of nitrogen functional groups attached to an aromatic ring is 1. The molecule has 102 valence electrons. The van der Waals surface area contributed by atoms with Crippen molar-refractivity contribution in [2.75, 3.05) is 23.7 Å². The summed E-state index contributed by atoms with van der Waals surface area (Å²) in [5.41, 5.74) is 5.81. The van der Waals surface area contributed by atoms with Gasteiger partial charge in [-0.2, -0.15) is 4.98 Å². The molecule has 0 radical (unpaired) electrons. The summed E-state index contributed by atoms with van der Waals surface area (Å²) >= 11 is 1.64. The van der Waals surface area contributed by atoms with E-state index in [4.69, 9.17) is 5.73 Å². The molecule has 5 nitrogen and oxygen atoms in total.